The molecule has 1 atom stereocenters. The molecule has 2 amide bonds. The highest BCUT2D eigenvalue weighted by atomic mass is 19.1. The van der Waals surface area contributed by atoms with Gasteiger partial charge in [-0.2, -0.15) is 0 Å². The monoisotopic (exact) mass is 464 g/mol. The molecule has 0 bridgehead atoms. The van der Waals surface area contributed by atoms with Crippen LogP contribution in [0, 0.1) is 5.82 Å². The van der Waals surface area contributed by atoms with Crippen molar-refractivity contribution >= 4 is 22.6 Å². The van der Waals surface area contributed by atoms with Crippen molar-refractivity contribution in [3.05, 3.63) is 71.0 Å². The minimum Gasteiger partial charge on any atom is -0.506 e. The normalized spacial score (nSPS) is 17.3. The predicted octanol–water partition coefficient (Wildman–Crippen LogP) is 3.51. The third-order valence-corrected chi connectivity index (χ3v) is 6.39. The molecule has 0 spiro atoms. The number of hydrogen-bond donors (Lipinski definition) is 2. The van der Waals surface area contributed by atoms with Gasteiger partial charge in [-0.3, -0.25) is 9.59 Å². The predicted molar refractivity (Wildman–Crippen MR) is 123 cm³/mol. The van der Waals surface area contributed by atoms with Crippen molar-refractivity contribution in [1.29, 1.82) is 0 Å². The number of nitrogens with zero attached hydrogens (tertiary/aromatic N) is 1. The highest BCUT2D eigenvalue weighted by Crippen LogP contribution is 2.32. The van der Waals surface area contributed by atoms with Crippen LogP contribution < -0.4 is 10.1 Å². The van der Waals surface area contributed by atoms with Crippen LogP contribution >= 0.6 is 0 Å². The first-order chi connectivity index (χ1) is 16.5. The smallest absolute Gasteiger partial charge is 0.258 e. The van der Waals surface area contributed by atoms with E-state index in [-0.39, 0.29) is 48.9 Å². The maximum absolute atomic E-state index is 14.0. The molecular weight excluding hydrogens is 439 g/mol. The van der Waals surface area contributed by atoms with E-state index in [9.17, 15) is 19.1 Å². The van der Waals surface area contributed by atoms with Crippen LogP contribution in [0.1, 0.15) is 34.3 Å². The molecule has 3 aromatic rings. The van der Waals surface area contributed by atoms with Gasteiger partial charge in [0.25, 0.3) is 5.91 Å². The highest BCUT2D eigenvalue weighted by molar-refractivity contribution is 6.05. The van der Waals surface area contributed by atoms with Crippen LogP contribution in [0.3, 0.4) is 0 Å². The molecular formula is C26H25FN2O5. The summed E-state index contributed by atoms with van der Waals surface area (Å²) in [5.41, 5.74) is 1.50. The lowest BCUT2D eigenvalue weighted by atomic mass is 10.0. The molecule has 5 rings (SSSR count). The number of carbonyl (C=O) groups excluding carboxylic acids is 2. The summed E-state index contributed by atoms with van der Waals surface area (Å²) in [6.07, 6.45) is 1.63. The second-order valence-electron chi connectivity index (χ2n) is 8.54. The summed E-state index contributed by atoms with van der Waals surface area (Å²) in [5.74, 6) is -0.480. The van der Waals surface area contributed by atoms with Gasteiger partial charge in [-0.1, -0.05) is 30.3 Å². The number of ether oxygens (including phenoxy) is 2. The van der Waals surface area contributed by atoms with Gasteiger partial charge in [-0.05, 0) is 48.4 Å². The maximum Gasteiger partial charge on any atom is 0.258 e. The second-order valence-corrected chi connectivity index (χ2v) is 8.54. The van der Waals surface area contributed by atoms with E-state index >= 15 is 0 Å². The van der Waals surface area contributed by atoms with Crippen molar-refractivity contribution in [3.63, 3.8) is 0 Å². The first-order valence-electron chi connectivity index (χ1n) is 11.3. The number of phenols is 1. The molecule has 2 N–H and O–H groups in total. The SMILES string of the molecule is O=C(NCCc1cc(F)cc2c1OCOC2)C1CCCN1C(=O)c1ccc2ccccc2c1O. The fourth-order valence-electron chi connectivity index (χ4n) is 4.75. The summed E-state index contributed by atoms with van der Waals surface area (Å²) in [7, 11) is 0. The standard InChI is InChI=1S/C26H25FN2O5/c27-19-12-17(24-18(13-19)14-33-15-34-24)9-10-28-25(31)22-6-3-11-29(22)26(32)21-8-7-16-4-1-2-5-20(16)23(21)30/h1-2,4-5,7-8,12-13,22,30H,3,6,9-11,14-15H2,(H,28,31). The molecule has 1 unspecified atom stereocenters. The van der Waals surface area contributed by atoms with Gasteiger partial charge in [0.05, 0.1) is 12.2 Å². The van der Waals surface area contributed by atoms with Crippen LogP contribution in [0.25, 0.3) is 10.8 Å². The third-order valence-electron chi connectivity index (χ3n) is 6.39. The van der Waals surface area contributed by atoms with Gasteiger partial charge in [-0.15, -0.1) is 0 Å². The summed E-state index contributed by atoms with van der Waals surface area (Å²) in [4.78, 5) is 27.7. The van der Waals surface area contributed by atoms with Crippen molar-refractivity contribution in [1.82, 2.24) is 10.2 Å². The van der Waals surface area contributed by atoms with Crippen LogP contribution in [-0.2, 0) is 22.6 Å². The van der Waals surface area contributed by atoms with Gasteiger partial charge >= 0.3 is 0 Å². The topological polar surface area (TPSA) is 88.1 Å². The van der Waals surface area contributed by atoms with E-state index in [1.165, 1.54) is 17.0 Å². The maximum atomic E-state index is 14.0. The number of amides is 2. The fourth-order valence-corrected chi connectivity index (χ4v) is 4.75. The largest absolute Gasteiger partial charge is 0.506 e. The molecule has 2 aliphatic rings. The van der Waals surface area contributed by atoms with Gasteiger partial charge in [0.1, 0.15) is 23.4 Å². The molecule has 8 heteroatoms. The van der Waals surface area contributed by atoms with E-state index in [2.05, 4.69) is 5.32 Å². The quantitative estimate of drug-likeness (QED) is 0.603. The molecule has 0 saturated carbocycles. The first kappa shape index (κ1) is 22.2. The lowest BCUT2D eigenvalue weighted by Gasteiger charge is -2.25. The van der Waals surface area contributed by atoms with Crippen LogP contribution in [0.5, 0.6) is 11.5 Å². The number of rotatable bonds is 5. The summed E-state index contributed by atoms with van der Waals surface area (Å²) in [5, 5.41) is 15.0. The number of likely N-dealkylation sites (tertiary alicyclic amines) is 1. The molecule has 34 heavy (non-hydrogen) atoms. The number of hydrogen-bond acceptors (Lipinski definition) is 5. The number of aromatic hydroxyl groups is 1. The molecule has 7 nitrogen and oxygen atoms in total. The Bertz CT molecular complexity index is 1260. The molecule has 0 radical (unpaired) electrons. The van der Waals surface area contributed by atoms with Crippen LogP contribution in [0.15, 0.2) is 48.5 Å². The molecule has 2 aliphatic heterocycles. The first-order valence-corrected chi connectivity index (χ1v) is 11.3. The van der Waals surface area contributed by atoms with Gasteiger partial charge in [0, 0.05) is 24.0 Å². The van der Waals surface area contributed by atoms with E-state index < -0.39 is 6.04 Å². The molecule has 176 valence electrons. The Labute approximate surface area is 196 Å². The van der Waals surface area contributed by atoms with E-state index in [4.69, 9.17) is 9.47 Å². The highest BCUT2D eigenvalue weighted by Gasteiger charge is 2.35. The zero-order valence-electron chi connectivity index (χ0n) is 18.6. The number of nitrogens with one attached hydrogen (secondary N) is 1. The number of phenolic OH excluding ortho intramolecular Hbond substituents is 1. The fraction of sp³-hybridized carbons (Fsp3) is 0.308. The van der Waals surface area contributed by atoms with Crippen LogP contribution in [-0.4, -0.2) is 47.7 Å². The molecule has 1 fully saturated rings. The molecule has 0 aromatic heterocycles. The zero-order valence-corrected chi connectivity index (χ0v) is 18.6. The Kier molecular flexibility index (Phi) is 6.06. The van der Waals surface area contributed by atoms with Crippen LogP contribution in [0.2, 0.25) is 0 Å². The van der Waals surface area contributed by atoms with Gasteiger partial charge in [0.15, 0.2) is 6.79 Å². The zero-order chi connectivity index (χ0) is 23.7. The summed E-state index contributed by atoms with van der Waals surface area (Å²) >= 11 is 0. The lowest BCUT2D eigenvalue weighted by molar-refractivity contribution is -0.124. The average molecular weight is 464 g/mol. The summed E-state index contributed by atoms with van der Waals surface area (Å²) < 4.78 is 24.7. The summed E-state index contributed by atoms with van der Waals surface area (Å²) in [6.45, 7) is 1.11. The minimum absolute atomic E-state index is 0.0750. The van der Waals surface area contributed by atoms with Gasteiger partial charge in [0.2, 0.25) is 5.91 Å². The van der Waals surface area contributed by atoms with Crippen molar-refractivity contribution < 1.29 is 28.6 Å². The second kappa shape index (κ2) is 9.30. The molecule has 3 aromatic carbocycles. The van der Waals surface area contributed by atoms with E-state index in [0.29, 0.717) is 48.1 Å². The van der Waals surface area contributed by atoms with Crippen molar-refractivity contribution in [3.8, 4) is 11.5 Å². The average Bonchev–Trinajstić information content (AvgIpc) is 3.34. The van der Waals surface area contributed by atoms with E-state index in [1.54, 1.807) is 24.3 Å². The van der Waals surface area contributed by atoms with E-state index in [1.807, 2.05) is 12.1 Å². The Morgan fingerprint density at radius 1 is 1.18 bits per heavy atom. The Morgan fingerprint density at radius 3 is 2.91 bits per heavy atom. The lowest BCUT2D eigenvalue weighted by Crippen LogP contribution is -2.46. The Balaban J connectivity index is 1.26. The van der Waals surface area contributed by atoms with Gasteiger partial charge < -0.3 is 24.8 Å². The minimum atomic E-state index is -0.621. The number of fused-ring (bicyclic) bond motifs is 2. The van der Waals surface area contributed by atoms with Crippen LogP contribution in [0.4, 0.5) is 4.39 Å². The molecule has 2 heterocycles. The number of carbonyl (C=O) groups is 2. The van der Waals surface area contributed by atoms with E-state index in [0.717, 1.165) is 5.39 Å². The number of benzene rings is 3. The molecule has 1 saturated heterocycles. The Hall–Kier alpha value is -3.65. The summed E-state index contributed by atoms with van der Waals surface area (Å²) in [6, 6.07) is 12.9. The van der Waals surface area contributed by atoms with Gasteiger partial charge in [-0.25, -0.2) is 4.39 Å². The van der Waals surface area contributed by atoms with Crippen molar-refractivity contribution in [2.24, 2.45) is 0 Å². The Morgan fingerprint density at radius 2 is 2.03 bits per heavy atom. The number of halogens is 1. The van der Waals surface area contributed by atoms with Crippen molar-refractivity contribution in [2.75, 3.05) is 19.9 Å². The molecule has 0 aliphatic carbocycles. The van der Waals surface area contributed by atoms with Crippen molar-refractivity contribution in [2.45, 2.75) is 31.9 Å². The third kappa shape index (κ3) is 4.17.